The fourth-order valence-corrected chi connectivity index (χ4v) is 14.0. The number of hydrogen-bond donors (Lipinski definition) is 4. The number of fused-ring (bicyclic) bond motifs is 8. The number of nitrogens with one attached hydrogen (secondary N) is 4. The van der Waals surface area contributed by atoms with E-state index in [0.29, 0.717) is 28.4 Å². The maximum absolute atomic E-state index is 15.8. The first-order valence-corrected chi connectivity index (χ1v) is 35.6. The molecule has 18 nitrogen and oxygen atoms in total. The number of alkyl halides is 12. The van der Waals surface area contributed by atoms with Crippen LogP contribution in [-0.2, 0) is 84.7 Å². The van der Waals surface area contributed by atoms with E-state index in [0.717, 1.165) is 48.5 Å². The molecule has 0 saturated carbocycles. The topological polar surface area (TPSA) is 241 Å². The van der Waals surface area contributed by atoms with Crippen molar-refractivity contribution in [1.82, 2.24) is 19.9 Å². The summed E-state index contributed by atoms with van der Waals surface area (Å²) in [7, 11) is 2.82. The van der Waals surface area contributed by atoms with Crippen LogP contribution in [0.3, 0.4) is 0 Å². The van der Waals surface area contributed by atoms with E-state index >= 15 is 52.7 Å². The second-order valence-corrected chi connectivity index (χ2v) is 25.7. The Morgan fingerprint density at radius 3 is 0.635 bits per heavy atom. The van der Waals surface area contributed by atoms with Crippen LogP contribution in [0.25, 0.3) is 90.9 Å². The molecule has 11 aromatic rings. The SMILES string of the molecule is CO[C@](C(=O)Nc1ccccc1-c1c2nc(c(-c3ccccc3NC(=O)[C@@](OC)(c3ccccc3)C(F)(F)F)c3ccc([n-]3)c(-c3ccccc3NC(=O)[C@@](OC)(c3ccccc3)C(F)(F)F)c3nc(c(-c4ccccc4NC(=O)[C@@](OC)(c4ccccc4)C(F)(F)F)c4ccc1[n-]4)C=C3)C=C2)(c1ccccc1)C(F)(F)F.[O]=[Ru]=[O]. The Kier molecular flexibility index (Phi) is 23.4. The van der Waals surface area contributed by atoms with E-state index in [1.165, 1.54) is 218 Å². The second-order valence-electron chi connectivity index (χ2n) is 25.4. The number of benzene rings is 8. The Hall–Kier alpha value is -12.5. The predicted octanol–water partition coefficient (Wildman–Crippen LogP) is 18.5. The summed E-state index contributed by atoms with van der Waals surface area (Å²) in [6, 6.07) is 52.3. The van der Waals surface area contributed by atoms with Gasteiger partial charge < -0.3 is 50.2 Å². The molecule has 2 aliphatic rings. The Balaban J connectivity index is 0.00000401. The first kappa shape index (κ1) is 81.9. The number of para-hydroxylation sites is 4. The average Bonchev–Trinajstić information content (AvgIpc) is 1.64. The Bertz CT molecular complexity index is 5120. The van der Waals surface area contributed by atoms with E-state index in [1.807, 2.05) is 0 Å². The van der Waals surface area contributed by atoms with Gasteiger partial charge in [-0.25, -0.2) is 9.97 Å². The van der Waals surface area contributed by atoms with Gasteiger partial charge in [0.05, 0.1) is 22.8 Å². The molecule has 4 amide bonds. The standard InChI is InChI=1S/C84H62F12N8O8.2O.Ru/c1-109-77(81(85,86)87,49-25-9-5-10-26-49)73(105)101-57-37-21-17-33-53(57)69-61-41-43-63(97-61)70(54-34-18-22-38-58(54)102-74(106)78(110-2,82(88,89)90)50-27-11-6-12-28-50)65-45-47-67(99-65)72(56-36-20-24-40-60(56)104-76(108)80(112-4,84(94,95)96)52-31-15-8-16-32-52)68-48-46-66(100-68)71(64-44-42-62(69)98-64)55-35-19-23-39-59(55)103-75(107)79(111-3,83(91,92)93)51-29-13-7-14-30-51;;;/h5-48H,1-4H3,(H6,97,98,99,100,101,102,103,104,105,106,107,108);;;/p-2/t77-,78-,79-,80-;;;/m0.../s1. The van der Waals surface area contributed by atoms with Gasteiger partial charge in [0, 0.05) is 95.7 Å². The van der Waals surface area contributed by atoms with Gasteiger partial charge in [0.1, 0.15) is 0 Å². The van der Waals surface area contributed by atoms with Crippen LogP contribution in [0.4, 0.5) is 75.4 Å². The zero-order valence-corrected chi connectivity index (χ0v) is 61.9. The number of amides is 4. The third-order valence-electron chi connectivity index (χ3n) is 19.2. The number of ether oxygens (including phenoxy) is 4. The van der Waals surface area contributed by atoms with E-state index in [9.17, 15) is 19.2 Å². The van der Waals surface area contributed by atoms with E-state index in [2.05, 4.69) is 21.3 Å². The molecular weight excluding hydrogens is 1610 g/mol. The van der Waals surface area contributed by atoms with Crippen molar-refractivity contribution in [3.8, 4) is 44.5 Å². The molecule has 0 radical (unpaired) electrons. The van der Waals surface area contributed by atoms with Gasteiger partial charge in [-0.3, -0.25) is 19.2 Å². The first-order valence-electron chi connectivity index (χ1n) is 34.2. The zero-order valence-electron chi connectivity index (χ0n) is 60.2. The molecule has 8 bridgehead atoms. The van der Waals surface area contributed by atoms with Crippen LogP contribution in [0.2, 0.25) is 0 Å². The quantitative estimate of drug-likeness (QED) is 0.0410. The van der Waals surface area contributed by atoms with Gasteiger partial charge in [-0.05, 0) is 70.8 Å². The number of carbonyl (C=O) groups is 4. The van der Waals surface area contributed by atoms with Crippen molar-refractivity contribution in [2.24, 2.45) is 0 Å². The minimum atomic E-state index is -5.43. The van der Waals surface area contributed by atoms with Crippen molar-refractivity contribution < 1.29 is 115 Å². The molecule has 590 valence electrons. The fraction of sp³-hybridized carbons (Fsp3) is 0.143. The monoisotopic (exact) mass is 1670 g/mol. The number of aromatic nitrogens is 4. The van der Waals surface area contributed by atoms with Gasteiger partial charge in [0.25, 0.3) is 46.0 Å². The van der Waals surface area contributed by atoms with E-state index in [4.69, 9.17) is 46.0 Å². The van der Waals surface area contributed by atoms with E-state index < -0.39 is 110 Å². The summed E-state index contributed by atoms with van der Waals surface area (Å²) in [5.74, 6) is -6.87. The number of carbonyl (C=O) groups excluding carboxylic acids is 4. The second kappa shape index (κ2) is 32.9. The van der Waals surface area contributed by atoms with Gasteiger partial charge in [-0.15, -0.1) is 22.1 Å². The molecule has 4 N–H and O–H groups in total. The van der Waals surface area contributed by atoms with Crippen LogP contribution >= 0.6 is 0 Å². The number of halogens is 12. The summed E-state index contributed by atoms with van der Waals surface area (Å²) in [4.78, 5) is 80.0. The van der Waals surface area contributed by atoms with Gasteiger partial charge in [0.15, 0.2) is 0 Å². The molecule has 2 aliphatic heterocycles. The van der Waals surface area contributed by atoms with Gasteiger partial charge >= 0.3 is 48.9 Å². The summed E-state index contributed by atoms with van der Waals surface area (Å²) in [6.45, 7) is 0. The molecule has 31 heteroatoms. The molecule has 5 heterocycles. The summed E-state index contributed by atoms with van der Waals surface area (Å²) >= 11 is -1.79. The molecule has 0 fully saturated rings. The summed E-state index contributed by atoms with van der Waals surface area (Å²) in [5, 5.41) is 9.79. The van der Waals surface area contributed by atoms with Gasteiger partial charge in [-0.1, -0.05) is 218 Å². The van der Waals surface area contributed by atoms with E-state index in [1.54, 1.807) is 0 Å². The number of nitrogens with zero attached hydrogens (tertiary/aromatic N) is 4. The fourth-order valence-electron chi connectivity index (χ4n) is 14.0. The van der Waals surface area contributed by atoms with Crippen LogP contribution in [0.5, 0.6) is 0 Å². The molecule has 0 saturated heterocycles. The number of methoxy groups -OCH3 is 4. The third kappa shape index (κ3) is 14.9. The molecule has 0 unspecified atom stereocenters. The van der Waals surface area contributed by atoms with Crippen molar-refractivity contribution in [3.63, 3.8) is 0 Å². The minimum absolute atomic E-state index is 0.0650. The zero-order chi connectivity index (χ0) is 82.5. The summed E-state index contributed by atoms with van der Waals surface area (Å²) in [6.07, 6.45) is -16.0. The normalized spacial score (nSPS) is 14.3. The molecule has 115 heavy (non-hydrogen) atoms. The maximum atomic E-state index is 15.8. The van der Waals surface area contributed by atoms with Crippen molar-refractivity contribution in [1.29, 1.82) is 0 Å². The Labute approximate surface area is 653 Å². The molecule has 0 aliphatic carbocycles. The average molecular weight is 1670 g/mol. The molecule has 0 spiro atoms. The number of rotatable bonds is 20. The summed E-state index contributed by atoms with van der Waals surface area (Å²) in [5.41, 5.74) is -19.6. The molecule has 13 rings (SSSR count). The van der Waals surface area contributed by atoms with Crippen molar-refractivity contribution in [3.05, 3.63) is 288 Å². The third-order valence-corrected chi connectivity index (χ3v) is 19.2. The predicted molar refractivity (Wildman–Crippen MR) is 399 cm³/mol. The van der Waals surface area contributed by atoms with Gasteiger partial charge in [-0.2, -0.15) is 52.7 Å². The summed E-state index contributed by atoms with van der Waals surface area (Å²) < 4.78 is 227. The van der Waals surface area contributed by atoms with E-state index in [-0.39, 0.29) is 112 Å². The molecule has 4 atom stereocenters. The first-order chi connectivity index (χ1) is 54.9. The van der Waals surface area contributed by atoms with Crippen LogP contribution in [-0.4, -0.2) is 86.7 Å². The van der Waals surface area contributed by atoms with Crippen molar-refractivity contribution in [2.75, 3.05) is 49.7 Å². The number of hydrogen-bond acceptors (Lipinski definition) is 12. The van der Waals surface area contributed by atoms with Crippen molar-refractivity contribution in [2.45, 2.75) is 47.1 Å². The van der Waals surface area contributed by atoms with Gasteiger partial charge in [0.2, 0.25) is 0 Å². The number of anilines is 4. The molecule has 8 aromatic carbocycles. The Morgan fingerprint density at radius 2 is 0.461 bits per heavy atom. The van der Waals surface area contributed by atoms with Crippen LogP contribution in [0.15, 0.2) is 243 Å². The molecular formula is C84H60F12N8O10Ru-2. The van der Waals surface area contributed by atoms with Crippen LogP contribution in [0, 0.1) is 0 Å². The van der Waals surface area contributed by atoms with Crippen LogP contribution < -0.4 is 31.2 Å². The molecule has 3 aromatic heterocycles. The Morgan fingerprint density at radius 1 is 0.287 bits per heavy atom. The van der Waals surface area contributed by atoms with Crippen molar-refractivity contribution >= 4 is 92.7 Å². The van der Waals surface area contributed by atoms with Crippen LogP contribution in [0.1, 0.15) is 45.0 Å².